The van der Waals surface area contributed by atoms with Gasteiger partial charge in [0.15, 0.2) is 5.82 Å². The Hall–Kier alpha value is -2.47. The zero-order chi connectivity index (χ0) is 27.1. The van der Waals surface area contributed by atoms with Crippen molar-refractivity contribution < 1.29 is 42.0 Å². The summed E-state index contributed by atoms with van der Waals surface area (Å²) in [7, 11) is -3.07. The molecule has 0 radical (unpaired) electrons. The summed E-state index contributed by atoms with van der Waals surface area (Å²) in [5, 5.41) is 0. The lowest BCUT2D eigenvalue weighted by Gasteiger charge is -2.40. The van der Waals surface area contributed by atoms with Gasteiger partial charge in [0.05, 0.1) is 11.1 Å². The number of imidazole rings is 1. The molecule has 0 unspecified atom stereocenters. The van der Waals surface area contributed by atoms with Crippen LogP contribution < -0.4 is 0 Å². The number of benzene rings is 1. The molecule has 2 heterocycles. The molecule has 1 aromatic heterocycles. The van der Waals surface area contributed by atoms with E-state index >= 15 is 0 Å². The minimum atomic E-state index is -4.64. The van der Waals surface area contributed by atoms with Gasteiger partial charge >= 0.3 is 14.0 Å². The van der Waals surface area contributed by atoms with Crippen LogP contribution >= 0.6 is 7.82 Å². The summed E-state index contributed by atoms with van der Waals surface area (Å²) < 4.78 is 51.6. The minimum Gasteiger partial charge on any atom is -0.336 e. The first-order valence-electron chi connectivity index (χ1n) is 12.2. The van der Waals surface area contributed by atoms with E-state index in [1.807, 2.05) is 4.90 Å². The van der Waals surface area contributed by atoms with Crippen molar-refractivity contribution in [3.8, 4) is 0 Å². The number of amides is 2. The maximum atomic E-state index is 13.8. The number of halogens is 3. The number of hydrogen-bond donors (Lipinski definition) is 3. The van der Waals surface area contributed by atoms with Gasteiger partial charge in [0.2, 0.25) is 5.91 Å². The van der Waals surface area contributed by atoms with Gasteiger partial charge in [-0.25, -0.2) is 9.55 Å². The van der Waals surface area contributed by atoms with Crippen molar-refractivity contribution in [2.75, 3.05) is 19.6 Å². The third-order valence-corrected chi connectivity index (χ3v) is 7.11. The van der Waals surface area contributed by atoms with Gasteiger partial charge in [-0.3, -0.25) is 9.59 Å². The van der Waals surface area contributed by atoms with E-state index in [0.717, 1.165) is 38.5 Å². The molecule has 3 aliphatic rings. The maximum absolute atomic E-state index is 13.8. The molecule has 10 nitrogen and oxygen atoms in total. The molecule has 2 amide bonds. The lowest BCUT2D eigenvalue weighted by atomic mass is 9.93. The molecule has 1 aromatic carbocycles. The summed E-state index contributed by atoms with van der Waals surface area (Å²) in [5.74, 6) is -0.513. The van der Waals surface area contributed by atoms with Crippen molar-refractivity contribution in [3.05, 3.63) is 29.1 Å². The Kier molecular flexibility index (Phi) is 7.72. The maximum Gasteiger partial charge on any atom is 0.466 e. The normalized spacial score (nSPS) is 19.7. The highest BCUT2D eigenvalue weighted by molar-refractivity contribution is 7.45. The Labute approximate surface area is 211 Å². The Morgan fingerprint density at radius 3 is 2.22 bits per heavy atom. The van der Waals surface area contributed by atoms with Crippen LogP contribution in [-0.4, -0.2) is 71.5 Å². The van der Waals surface area contributed by atoms with Gasteiger partial charge in [0.1, 0.15) is 12.1 Å². The quantitative estimate of drug-likeness (QED) is 0.503. The van der Waals surface area contributed by atoms with Crippen LogP contribution in [0, 0.1) is 0 Å². The average molecular weight is 546 g/mol. The van der Waals surface area contributed by atoms with Gasteiger partial charge in [0.25, 0.3) is 5.91 Å². The largest absolute Gasteiger partial charge is 0.466 e. The highest BCUT2D eigenvalue weighted by Crippen LogP contribution is 2.44. The van der Waals surface area contributed by atoms with Crippen LogP contribution in [0.1, 0.15) is 72.6 Å². The summed E-state index contributed by atoms with van der Waals surface area (Å²) in [6.45, 7) is 0.764. The predicted octanol–water partition coefficient (Wildman–Crippen LogP) is 3.16. The topological polar surface area (TPSA) is 136 Å². The smallest absolute Gasteiger partial charge is 0.336 e. The molecule has 1 saturated heterocycles. The summed E-state index contributed by atoms with van der Waals surface area (Å²) >= 11 is 0. The number of carbonyl (C=O) groups excluding carboxylic acids is 2. The molecule has 14 heteroatoms. The van der Waals surface area contributed by atoms with E-state index in [0.29, 0.717) is 24.2 Å². The molecule has 3 fully saturated rings. The zero-order valence-electron chi connectivity index (χ0n) is 20.3. The fraction of sp³-hybridized carbons (Fsp3) is 0.609. The summed E-state index contributed by atoms with van der Waals surface area (Å²) in [6, 6.07) is 3.13. The lowest BCUT2D eigenvalue weighted by Crippen LogP contribution is -2.56. The van der Waals surface area contributed by atoms with E-state index < -0.39 is 25.5 Å². The molecule has 3 N–H and O–H groups in total. The molecule has 37 heavy (non-hydrogen) atoms. The number of carbonyl (C=O) groups is 2. The van der Waals surface area contributed by atoms with Crippen LogP contribution in [0.4, 0.5) is 13.2 Å². The van der Waals surface area contributed by atoms with E-state index in [4.69, 9.17) is 19.2 Å². The zero-order valence-corrected chi connectivity index (χ0v) is 21.2. The number of phosphoric acid groups is 1. The fourth-order valence-electron chi connectivity index (χ4n) is 5.15. The molecular weight excluding hydrogens is 516 g/mol. The molecule has 204 valence electrons. The second kappa shape index (κ2) is 10.4. The number of nitrogens with zero attached hydrogens (tertiary/aromatic N) is 4. The molecule has 2 aliphatic carbocycles. The van der Waals surface area contributed by atoms with Crippen molar-refractivity contribution in [3.63, 3.8) is 0 Å². The molecule has 0 spiro atoms. The molecule has 2 saturated carbocycles. The van der Waals surface area contributed by atoms with E-state index in [1.165, 1.54) is 22.0 Å². The second-order valence-electron chi connectivity index (χ2n) is 9.82. The van der Waals surface area contributed by atoms with Crippen LogP contribution in [0.15, 0.2) is 12.1 Å². The number of piperazine rings is 1. The number of hydrogen-bond acceptors (Lipinski definition) is 4. The molecule has 0 atom stereocenters. The minimum absolute atomic E-state index is 0.0575. The Morgan fingerprint density at radius 2 is 1.68 bits per heavy atom. The van der Waals surface area contributed by atoms with Gasteiger partial charge < -0.3 is 29.0 Å². The number of aromatic nitrogens is 2. The first kappa shape index (κ1) is 27.6. The summed E-state index contributed by atoms with van der Waals surface area (Å²) in [5.41, 5.74) is -0.0648. The van der Waals surface area contributed by atoms with Crippen LogP contribution in [0.25, 0.3) is 11.0 Å². The van der Waals surface area contributed by atoms with E-state index in [9.17, 15) is 22.8 Å². The van der Waals surface area contributed by atoms with Crippen LogP contribution in [0.5, 0.6) is 0 Å². The van der Waals surface area contributed by atoms with E-state index in [2.05, 4.69) is 4.98 Å². The standard InChI is InChI=1S/C23H27F3N4O2.H3O4P/c1-28-18-12-15(14-7-8-14)11-17(23(24,25)26)20(18)27-21(28)22(32)29-9-10-30(19(31)13-29)16-5-3-2-4-6-16;1-5(2,3)4/h11-12,14,16H,2-10,13H2,1H3;(H3,1,2,3,4). The molecule has 0 bridgehead atoms. The van der Waals surface area contributed by atoms with Crippen molar-refractivity contribution in [2.24, 2.45) is 7.05 Å². The highest BCUT2D eigenvalue weighted by Gasteiger charge is 2.38. The monoisotopic (exact) mass is 546 g/mol. The average Bonchev–Trinajstić information content (AvgIpc) is 3.61. The first-order chi connectivity index (χ1) is 17.2. The van der Waals surface area contributed by atoms with Gasteiger partial charge in [-0.1, -0.05) is 19.3 Å². The molecular formula is C23H30F3N4O6P. The van der Waals surface area contributed by atoms with Gasteiger partial charge in [-0.2, -0.15) is 13.2 Å². The van der Waals surface area contributed by atoms with Crippen LogP contribution in [0.3, 0.4) is 0 Å². The van der Waals surface area contributed by atoms with Gasteiger partial charge in [-0.05, 0) is 49.3 Å². The van der Waals surface area contributed by atoms with Gasteiger partial charge in [-0.15, -0.1) is 0 Å². The predicted molar refractivity (Wildman–Crippen MR) is 126 cm³/mol. The molecule has 5 rings (SSSR count). The first-order valence-corrected chi connectivity index (χ1v) is 13.7. The second-order valence-corrected chi connectivity index (χ2v) is 10.8. The number of aryl methyl sites for hydroxylation is 1. The van der Waals surface area contributed by atoms with E-state index in [-0.39, 0.29) is 35.8 Å². The summed E-state index contributed by atoms with van der Waals surface area (Å²) in [4.78, 5) is 55.0. The van der Waals surface area contributed by atoms with Crippen molar-refractivity contribution in [1.29, 1.82) is 0 Å². The Bertz CT molecular complexity index is 1230. The SMILES string of the molecule is Cn1c(C(=O)N2CCN(C3CCCCC3)C(=O)C2)nc2c(C(F)(F)F)cc(C3CC3)cc21.O=P(O)(O)O. The van der Waals surface area contributed by atoms with Crippen molar-refractivity contribution in [1.82, 2.24) is 19.4 Å². The third kappa shape index (κ3) is 6.51. The van der Waals surface area contributed by atoms with Crippen molar-refractivity contribution >= 4 is 30.7 Å². The molecule has 2 aromatic rings. The molecule has 1 aliphatic heterocycles. The third-order valence-electron chi connectivity index (χ3n) is 7.11. The number of fused-ring (bicyclic) bond motifs is 1. The highest BCUT2D eigenvalue weighted by atomic mass is 31.2. The van der Waals surface area contributed by atoms with Crippen LogP contribution in [-0.2, 0) is 22.6 Å². The fourth-order valence-corrected chi connectivity index (χ4v) is 5.15. The Morgan fingerprint density at radius 1 is 1.05 bits per heavy atom. The van der Waals surface area contributed by atoms with E-state index in [1.54, 1.807) is 13.1 Å². The summed E-state index contributed by atoms with van der Waals surface area (Å²) in [6.07, 6.45) is 2.60. The van der Waals surface area contributed by atoms with Gasteiger partial charge in [0, 0.05) is 26.2 Å². The lowest BCUT2D eigenvalue weighted by molar-refractivity contribution is -0.138. The number of rotatable bonds is 3. The van der Waals surface area contributed by atoms with Crippen LogP contribution in [0.2, 0.25) is 0 Å². The number of alkyl halides is 3. The Balaban J connectivity index is 0.000000586. The van der Waals surface area contributed by atoms with Crippen molar-refractivity contribution in [2.45, 2.75) is 63.1 Å².